The maximum absolute atomic E-state index is 6.23. The summed E-state index contributed by atoms with van der Waals surface area (Å²) in [5, 5.41) is 7.30. The highest BCUT2D eigenvalue weighted by Crippen LogP contribution is 2.34. The zero-order valence-electron chi connectivity index (χ0n) is 16.3. The highest BCUT2D eigenvalue weighted by Gasteiger charge is 2.11. The van der Waals surface area contributed by atoms with Gasteiger partial charge < -0.3 is 21.8 Å². The molecule has 0 atom stereocenters. The van der Waals surface area contributed by atoms with Gasteiger partial charge in [0, 0.05) is 44.7 Å². The van der Waals surface area contributed by atoms with Crippen molar-refractivity contribution in [2.24, 2.45) is 16.5 Å². The zero-order chi connectivity index (χ0) is 21.7. The van der Waals surface area contributed by atoms with Crippen LogP contribution >= 0.6 is 34.8 Å². The molecule has 0 unspecified atom stereocenters. The number of aromatic nitrogens is 1. The van der Waals surface area contributed by atoms with Crippen LogP contribution < -0.4 is 16.8 Å². The molecule has 5 nitrogen and oxygen atoms in total. The number of hydrogen-bond donors (Lipinski definition) is 4. The first kappa shape index (κ1) is 22.2. The average Bonchev–Trinajstić information content (AvgIpc) is 3.10. The fraction of sp³-hybridized carbons (Fsp3) is 0.136. The third kappa shape index (κ3) is 4.82. The Morgan fingerprint density at radius 1 is 0.933 bits per heavy atom. The Hall–Kier alpha value is -2.44. The van der Waals surface area contributed by atoms with Crippen molar-refractivity contribution in [2.45, 2.75) is 6.42 Å². The van der Waals surface area contributed by atoms with Crippen LogP contribution in [0.3, 0.4) is 0 Å². The summed E-state index contributed by atoms with van der Waals surface area (Å²) in [6.07, 6.45) is 2.08. The lowest BCUT2D eigenvalue weighted by Gasteiger charge is -2.11. The van der Waals surface area contributed by atoms with Gasteiger partial charge in [0.15, 0.2) is 0 Å². The van der Waals surface area contributed by atoms with Crippen LogP contribution in [0.15, 0.2) is 53.5 Å². The van der Waals surface area contributed by atoms with E-state index in [0.29, 0.717) is 21.6 Å². The number of hydrogen-bond acceptors (Lipinski definition) is 3. The first-order valence-corrected chi connectivity index (χ1v) is 10.4. The minimum absolute atomic E-state index is 0.504. The van der Waals surface area contributed by atoms with Gasteiger partial charge in [-0.2, -0.15) is 0 Å². The first-order valence-electron chi connectivity index (χ1n) is 9.29. The monoisotopic (exact) mass is 461 g/mol. The number of H-pyrrole nitrogens is 1. The quantitative estimate of drug-likeness (QED) is 0.212. The van der Waals surface area contributed by atoms with Gasteiger partial charge in [-0.3, -0.25) is 4.99 Å². The molecule has 0 spiro atoms. The number of nitrogens with zero attached hydrogens (tertiary/aromatic N) is 1. The predicted molar refractivity (Wildman–Crippen MR) is 132 cm³/mol. The molecule has 0 fully saturated rings. The second-order valence-corrected chi connectivity index (χ2v) is 7.68. The van der Waals surface area contributed by atoms with Gasteiger partial charge in [-0.05, 0) is 67.6 Å². The molecule has 0 bridgehead atoms. The number of halogens is 3. The van der Waals surface area contributed by atoms with Gasteiger partial charge in [-0.1, -0.05) is 34.8 Å². The van der Waals surface area contributed by atoms with Gasteiger partial charge in [0.2, 0.25) is 0 Å². The van der Waals surface area contributed by atoms with E-state index in [1.807, 2.05) is 24.3 Å². The number of aromatic amines is 1. The Balaban J connectivity index is 0.00000124. The lowest BCUT2D eigenvalue weighted by atomic mass is 10.0. The molecule has 0 saturated carbocycles. The Bertz CT molecular complexity index is 1200. The number of anilines is 2. The largest absolute Gasteiger partial charge is 0.390 e. The molecule has 8 heteroatoms. The zero-order valence-corrected chi connectivity index (χ0v) is 18.6. The minimum Gasteiger partial charge on any atom is -0.390 e. The molecule has 0 radical (unpaired) electrons. The number of nitrogens with one attached hydrogen (secondary N) is 2. The van der Waals surface area contributed by atoms with E-state index >= 15 is 0 Å². The summed E-state index contributed by atoms with van der Waals surface area (Å²) < 4.78 is 0. The summed E-state index contributed by atoms with van der Waals surface area (Å²) in [7, 11) is 1.50. The molecule has 0 amide bonds. The molecule has 1 aromatic heterocycles. The highest BCUT2D eigenvalue weighted by molar-refractivity contribution is 6.42. The Kier molecular flexibility index (Phi) is 7.45. The van der Waals surface area contributed by atoms with E-state index in [1.54, 1.807) is 12.1 Å². The van der Waals surface area contributed by atoms with E-state index in [2.05, 4.69) is 33.2 Å². The lowest BCUT2D eigenvalue weighted by molar-refractivity contribution is 0.977. The van der Waals surface area contributed by atoms with Crippen molar-refractivity contribution in [2.75, 3.05) is 18.9 Å². The smallest absolute Gasteiger partial charge is 0.0797 e. The van der Waals surface area contributed by atoms with Crippen molar-refractivity contribution in [3.63, 3.8) is 0 Å². The third-order valence-corrected chi connectivity index (χ3v) is 5.55. The van der Waals surface area contributed by atoms with Gasteiger partial charge in [0.1, 0.15) is 0 Å². The molecule has 0 aliphatic heterocycles. The Morgan fingerprint density at radius 3 is 2.47 bits per heavy atom. The molecule has 30 heavy (non-hydrogen) atoms. The number of fused-ring (bicyclic) bond motifs is 3. The summed E-state index contributed by atoms with van der Waals surface area (Å²) in [6, 6.07) is 15.5. The molecule has 0 aliphatic carbocycles. The summed E-state index contributed by atoms with van der Waals surface area (Å²) in [5.74, 6) is 0. The summed E-state index contributed by atoms with van der Waals surface area (Å²) >= 11 is 18.4. The predicted octanol–water partition coefficient (Wildman–Crippen LogP) is 6.13. The molecular weight excluding hydrogens is 441 g/mol. The van der Waals surface area contributed by atoms with E-state index in [1.165, 1.54) is 13.4 Å². The molecule has 6 N–H and O–H groups in total. The van der Waals surface area contributed by atoms with Crippen LogP contribution in [0.25, 0.3) is 21.8 Å². The number of benzene rings is 3. The van der Waals surface area contributed by atoms with Crippen LogP contribution in [0.2, 0.25) is 15.1 Å². The Labute approximate surface area is 190 Å². The molecule has 4 rings (SSSR count). The van der Waals surface area contributed by atoms with E-state index in [4.69, 9.17) is 40.5 Å². The van der Waals surface area contributed by atoms with Gasteiger partial charge in [-0.25, -0.2) is 0 Å². The van der Waals surface area contributed by atoms with Crippen molar-refractivity contribution < 1.29 is 0 Å². The van der Waals surface area contributed by atoms with Gasteiger partial charge in [0.25, 0.3) is 0 Å². The number of rotatable bonds is 5. The topological polar surface area (TPSA) is 92.2 Å². The molecule has 3 aromatic carbocycles. The third-order valence-electron chi connectivity index (χ3n) is 4.58. The summed E-state index contributed by atoms with van der Waals surface area (Å²) in [6.45, 7) is 0.609. The van der Waals surface area contributed by atoms with Crippen LogP contribution in [0.5, 0.6) is 0 Å². The van der Waals surface area contributed by atoms with E-state index in [-0.39, 0.29) is 0 Å². The summed E-state index contributed by atoms with van der Waals surface area (Å²) in [5.41, 5.74) is 14.9. The first-order chi connectivity index (χ1) is 14.5. The molecule has 0 saturated heterocycles. The van der Waals surface area contributed by atoms with Crippen LogP contribution in [-0.2, 0) is 6.42 Å². The van der Waals surface area contributed by atoms with Crippen LogP contribution in [0, 0.1) is 0 Å². The molecule has 156 valence electrons. The summed E-state index contributed by atoms with van der Waals surface area (Å²) in [4.78, 5) is 7.64. The second-order valence-electron chi connectivity index (χ2n) is 6.43. The maximum Gasteiger partial charge on any atom is 0.0797 e. The van der Waals surface area contributed by atoms with Crippen LogP contribution in [0.1, 0.15) is 5.56 Å². The van der Waals surface area contributed by atoms with Gasteiger partial charge >= 0.3 is 0 Å². The number of nitrogens with two attached hydrogens (primary N) is 2. The fourth-order valence-corrected chi connectivity index (χ4v) is 3.78. The van der Waals surface area contributed by atoms with E-state index in [9.17, 15) is 0 Å². The normalized spacial score (nSPS) is 11.1. The maximum atomic E-state index is 6.23. The minimum atomic E-state index is 0.504. The molecule has 0 aliphatic rings. The van der Waals surface area contributed by atoms with Crippen molar-refractivity contribution in [1.82, 2.24) is 4.98 Å². The van der Waals surface area contributed by atoms with E-state index in [0.717, 1.165) is 45.2 Å². The SMILES string of the molecule is CN.NC=NCCc1cc(Nc2ccc(Cl)c(Cl)c2)cc2c1[nH]c1ccc(Cl)cc12. The van der Waals surface area contributed by atoms with E-state index < -0.39 is 0 Å². The second kappa shape index (κ2) is 10.0. The lowest BCUT2D eigenvalue weighted by Crippen LogP contribution is -1.97. The van der Waals surface area contributed by atoms with Crippen LogP contribution in [0.4, 0.5) is 11.4 Å². The number of aliphatic imine (C=N–C) groups is 1. The Morgan fingerprint density at radius 2 is 1.73 bits per heavy atom. The van der Waals surface area contributed by atoms with Gasteiger partial charge in [0.05, 0.1) is 16.4 Å². The van der Waals surface area contributed by atoms with Gasteiger partial charge in [-0.15, -0.1) is 0 Å². The van der Waals surface area contributed by atoms with Crippen molar-refractivity contribution in [1.29, 1.82) is 0 Å². The highest BCUT2D eigenvalue weighted by atomic mass is 35.5. The average molecular weight is 463 g/mol. The van der Waals surface area contributed by atoms with Crippen LogP contribution in [-0.4, -0.2) is 24.9 Å². The standard InChI is InChI=1S/C21H17Cl3N4.CH5N/c22-13-1-4-20-16(8-13)17-9-15(27-14-2-3-18(23)19(24)10-14)7-12(21(17)28-20)5-6-26-11-25;1-2/h1-4,7-11,27-28H,5-6H2,(H2,25,26);2H2,1H3. The van der Waals surface area contributed by atoms with Crippen molar-refractivity contribution in [3.05, 3.63) is 69.2 Å². The molecular formula is C22H22Cl3N5. The molecule has 4 aromatic rings. The molecule has 1 heterocycles. The van der Waals surface area contributed by atoms with Crippen molar-refractivity contribution in [3.8, 4) is 0 Å². The van der Waals surface area contributed by atoms with Crippen molar-refractivity contribution >= 4 is 74.3 Å². The fourth-order valence-electron chi connectivity index (χ4n) is 3.31.